The van der Waals surface area contributed by atoms with Crippen molar-refractivity contribution < 1.29 is 9.18 Å². The molecule has 0 heterocycles. The van der Waals surface area contributed by atoms with Crippen molar-refractivity contribution in [2.24, 2.45) is 0 Å². The highest BCUT2D eigenvalue weighted by molar-refractivity contribution is 9.10. The SMILES string of the molecule is O=C(CNc1c(F)cccc1Br)NCc1ccccc1. The summed E-state index contributed by atoms with van der Waals surface area (Å²) in [5.41, 5.74) is 1.32. The van der Waals surface area contributed by atoms with E-state index in [1.54, 1.807) is 12.1 Å². The molecule has 0 unspecified atom stereocenters. The van der Waals surface area contributed by atoms with Gasteiger partial charge in [-0.1, -0.05) is 36.4 Å². The van der Waals surface area contributed by atoms with Crippen LogP contribution in [0, 0.1) is 5.82 Å². The van der Waals surface area contributed by atoms with Gasteiger partial charge in [-0.15, -0.1) is 0 Å². The normalized spacial score (nSPS) is 10.1. The zero-order valence-corrected chi connectivity index (χ0v) is 12.3. The number of carbonyl (C=O) groups excluding carboxylic acids is 1. The first-order valence-electron chi connectivity index (χ1n) is 6.15. The van der Waals surface area contributed by atoms with Gasteiger partial charge in [0.05, 0.1) is 12.2 Å². The summed E-state index contributed by atoms with van der Waals surface area (Å²) in [6.45, 7) is 0.478. The summed E-state index contributed by atoms with van der Waals surface area (Å²) in [5.74, 6) is -0.584. The van der Waals surface area contributed by atoms with Gasteiger partial charge in [-0.25, -0.2) is 4.39 Å². The third-order valence-electron chi connectivity index (χ3n) is 2.72. The molecule has 0 fully saturated rings. The van der Waals surface area contributed by atoms with Crippen molar-refractivity contribution in [3.05, 3.63) is 64.4 Å². The second kappa shape index (κ2) is 7.05. The van der Waals surface area contributed by atoms with E-state index < -0.39 is 5.82 Å². The molecule has 1 amide bonds. The van der Waals surface area contributed by atoms with E-state index in [2.05, 4.69) is 26.6 Å². The molecule has 0 atom stereocenters. The summed E-state index contributed by atoms with van der Waals surface area (Å²) in [6.07, 6.45) is 0. The summed E-state index contributed by atoms with van der Waals surface area (Å²) < 4.78 is 14.1. The van der Waals surface area contributed by atoms with Gasteiger partial charge in [0.1, 0.15) is 5.82 Å². The average molecular weight is 337 g/mol. The highest BCUT2D eigenvalue weighted by Gasteiger charge is 2.07. The van der Waals surface area contributed by atoms with Crippen LogP contribution in [0.5, 0.6) is 0 Å². The molecule has 0 aromatic heterocycles. The third-order valence-corrected chi connectivity index (χ3v) is 3.38. The van der Waals surface area contributed by atoms with Gasteiger partial charge in [-0.05, 0) is 33.6 Å². The first-order chi connectivity index (χ1) is 9.66. The molecule has 0 saturated carbocycles. The van der Waals surface area contributed by atoms with Gasteiger partial charge in [-0.3, -0.25) is 4.79 Å². The summed E-state index contributed by atoms with van der Waals surface area (Å²) in [4.78, 5) is 11.7. The first kappa shape index (κ1) is 14.5. The van der Waals surface area contributed by atoms with Gasteiger partial charge in [0.2, 0.25) is 5.91 Å². The molecule has 3 nitrogen and oxygen atoms in total. The Bertz CT molecular complexity index is 569. The zero-order chi connectivity index (χ0) is 14.4. The first-order valence-corrected chi connectivity index (χ1v) is 6.94. The van der Waals surface area contributed by atoms with Crippen LogP contribution in [0.3, 0.4) is 0 Å². The van der Waals surface area contributed by atoms with Crippen molar-refractivity contribution in [2.75, 3.05) is 11.9 Å². The number of hydrogen-bond acceptors (Lipinski definition) is 2. The topological polar surface area (TPSA) is 41.1 Å². The number of hydrogen-bond donors (Lipinski definition) is 2. The molecular formula is C15H14BrFN2O. The molecule has 0 aliphatic rings. The fraction of sp³-hybridized carbons (Fsp3) is 0.133. The monoisotopic (exact) mass is 336 g/mol. The molecule has 20 heavy (non-hydrogen) atoms. The maximum absolute atomic E-state index is 13.5. The molecule has 0 saturated heterocycles. The number of anilines is 1. The average Bonchev–Trinajstić information content (AvgIpc) is 2.46. The van der Waals surface area contributed by atoms with Crippen LogP contribution in [-0.4, -0.2) is 12.5 Å². The lowest BCUT2D eigenvalue weighted by atomic mass is 10.2. The van der Waals surface area contributed by atoms with E-state index in [-0.39, 0.29) is 12.5 Å². The van der Waals surface area contributed by atoms with Gasteiger partial charge >= 0.3 is 0 Å². The number of halogens is 2. The van der Waals surface area contributed by atoms with Crippen LogP contribution in [0.2, 0.25) is 0 Å². The van der Waals surface area contributed by atoms with Crippen LogP contribution in [0.4, 0.5) is 10.1 Å². The quantitative estimate of drug-likeness (QED) is 0.879. The Labute approximate surface area is 125 Å². The number of para-hydroxylation sites is 1. The summed E-state index contributed by atoms with van der Waals surface area (Å²) >= 11 is 3.24. The zero-order valence-electron chi connectivity index (χ0n) is 10.7. The number of nitrogens with one attached hydrogen (secondary N) is 2. The van der Waals surface area contributed by atoms with Gasteiger partial charge in [-0.2, -0.15) is 0 Å². The third kappa shape index (κ3) is 4.06. The molecule has 104 valence electrons. The Morgan fingerprint density at radius 1 is 1.10 bits per heavy atom. The minimum absolute atomic E-state index is 0.0202. The highest BCUT2D eigenvalue weighted by Crippen LogP contribution is 2.24. The second-order valence-electron chi connectivity index (χ2n) is 4.21. The lowest BCUT2D eigenvalue weighted by molar-refractivity contribution is -0.119. The molecule has 2 rings (SSSR count). The van der Waals surface area contributed by atoms with E-state index in [1.807, 2.05) is 30.3 Å². The Morgan fingerprint density at radius 3 is 2.55 bits per heavy atom. The van der Waals surface area contributed by atoms with Gasteiger partial charge in [0.25, 0.3) is 0 Å². The van der Waals surface area contributed by atoms with Crippen molar-refractivity contribution in [3.63, 3.8) is 0 Å². The number of rotatable bonds is 5. The van der Waals surface area contributed by atoms with Crippen LogP contribution in [0.15, 0.2) is 53.0 Å². The molecule has 0 radical (unpaired) electrons. The molecule has 0 aliphatic heterocycles. The van der Waals surface area contributed by atoms with Crippen molar-refractivity contribution >= 4 is 27.5 Å². The van der Waals surface area contributed by atoms with Crippen molar-refractivity contribution in [3.8, 4) is 0 Å². The molecule has 2 aromatic carbocycles. The maximum Gasteiger partial charge on any atom is 0.239 e. The van der Waals surface area contributed by atoms with Crippen LogP contribution >= 0.6 is 15.9 Å². The van der Waals surface area contributed by atoms with Gasteiger partial charge < -0.3 is 10.6 Å². The van der Waals surface area contributed by atoms with E-state index in [1.165, 1.54) is 6.07 Å². The number of amides is 1. The predicted octanol–water partition coefficient (Wildman–Crippen LogP) is 3.32. The Balaban J connectivity index is 1.84. The molecular weight excluding hydrogens is 323 g/mol. The van der Waals surface area contributed by atoms with Crippen LogP contribution < -0.4 is 10.6 Å². The fourth-order valence-electron chi connectivity index (χ4n) is 1.69. The molecule has 2 aromatic rings. The van der Waals surface area contributed by atoms with Crippen LogP contribution in [-0.2, 0) is 11.3 Å². The predicted molar refractivity (Wildman–Crippen MR) is 80.9 cm³/mol. The van der Waals surface area contributed by atoms with Gasteiger partial charge in [0.15, 0.2) is 0 Å². The van der Waals surface area contributed by atoms with Crippen molar-refractivity contribution in [1.82, 2.24) is 5.32 Å². The van der Waals surface area contributed by atoms with E-state index >= 15 is 0 Å². The lowest BCUT2D eigenvalue weighted by Crippen LogP contribution is -2.29. The smallest absolute Gasteiger partial charge is 0.239 e. The van der Waals surface area contributed by atoms with Crippen LogP contribution in [0.1, 0.15) is 5.56 Å². The van der Waals surface area contributed by atoms with Crippen LogP contribution in [0.25, 0.3) is 0 Å². The van der Waals surface area contributed by atoms with Crippen molar-refractivity contribution in [2.45, 2.75) is 6.54 Å². The van der Waals surface area contributed by atoms with Gasteiger partial charge in [0, 0.05) is 11.0 Å². The van der Waals surface area contributed by atoms with E-state index in [9.17, 15) is 9.18 Å². The minimum Gasteiger partial charge on any atom is -0.373 e. The molecule has 0 bridgehead atoms. The lowest BCUT2D eigenvalue weighted by Gasteiger charge is -2.10. The second-order valence-corrected chi connectivity index (χ2v) is 5.07. The summed E-state index contributed by atoms with van der Waals surface area (Å²) in [7, 11) is 0. The van der Waals surface area contributed by atoms with E-state index in [0.717, 1.165) is 5.56 Å². The fourth-order valence-corrected chi connectivity index (χ4v) is 2.18. The van der Waals surface area contributed by atoms with E-state index in [0.29, 0.717) is 16.7 Å². The summed E-state index contributed by atoms with van der Waals surface area (Å²) in [5, 5.41) is 5.55. The molecule has 0 spiro atoms. The Morgan fingerprint density at radius 2 is 1.85 bits per heavy atom. The Kier molecular flexibility index (Phi) is 5.12. The maximum atomic E-state index is 13.5. The highest BCUT2D eigenvalue weighted by atomic mass is 79.9. The molecule has 2 N–H and O–H groups in total. The molecule has 5 heteroatoms. The summed E-state index contributed by atoms with van der Waals surface area (Å²) in [6, 6.07) is 14.3. The van der Waals surface area contributed by atoms with Crippen molar-refractivity contribution in [1.29, 1.82) is 0 Å². The van der Waals surface area contributed by atoms with E-state index in [4.69, 9.17) is 0 Å². The Hall–Kier alpha value is -1.88. The molecule has 0 aliphatic carbocycles. The minimum atomic E-state index is -0.393. The number of carbonyl (C=O) groups is 1. The standard InChI is InChI=1S/C15H14BrFN2O/c16-12-7-4-8-13(17)15(12)19-10-14(20)18-9-11-5-2-1-3-6-11/h1-8,19H,9-10H2,(H,18,20). The largest absolute Gasteiger partial charge is 0.373 e. The number of benzene rings is 2.